The van der Waals surface area contributed by atoms with Crippen LogP contribution in [0.15, 0.2) is 42.6 Å². The van der Waals surface area contributed by atoms with Crippen molar-refractivity contribution in [2.75, 3.05) is 0 Å². The molecule has 5 heteroatoms. The minimum absolute atomic E-state index is 0.184. The van der Waals surface area contributed by atoms with Crippen molar-refractivity contribution >= 4 is 5.91 Å². The van der Waals surface area contributed by atoms with E-state index in [0.717, 1.165) is 19.3 Å². The number of hydrogen-bond acceptors (Lipinski definition) is 3. The van der Waals surface area contributed by atoms with Crippen molar-refractivity contribution in [3.05, 3.63) is 65.2 Å². The SMILES string of the molecule is CC(O)(C#Cc1ccc(C(=O)NC2CCC2)nc1)c1cccc(F)c1. The van der Waals surface area contributed by atoms with Crippen molar-refractivity contribution in [2.45, 2.75) is 37.8 Å². The van der Waals surface area contributed by atoms with E-state index in [1.54, 1.807) is 18.2 Å². The van der Waals surface area contributed by atoms with Gasteiger partial charge in [-0.1, -0.05) is 24.0 Å². The topological polar surface area (TPSA) is 62.2 Å². The first-order valence-corrected chi connectivity index (χ1v) is 8.22. The summed E-state index contributed by atoms with van der Waals surface area (Å²) in [7, 11) is 0. The van der Waals surface area contributed by atoms with Gasteiger partial charge in [-0.05, 0) is 56.0 Å². The van der Waals surface area contributed by atoms with Crippen LogP contribution < -0.4 is 5.32 Å². The van der Waals surface area contributed by atoms with Crippen LogP contribution in [0, 0.1) is 17.7 Å². The molecule has 1 fully saturated rings. The van der Waals surface area contributed by atoms with E-state index >= 15 is 0 Å². The number of aliphatic hydroxyl groups is 1. The summed E-state index contributed by atoms with van der Waals surface area (Å²) in [4.78, 5) is 16.1. The van der Waals surface area contributed by atoms with Crippen LogP contribution in [0.25, 0.3) is 0 Å². The highest BCUT2D eigenvalue weighted by Crippen LogP contribution is 2.20. The van der Waals surface area contributed by atoms with E-state index in [4.69, 9.17) is 0 Å². The largest absolute Gasteiger partial charge is 0.374 e. The van der Waals surface area contributed by atoms with Crippen molar-refractivity contribution in [1.29, 1.82) is 0 Å². The van der Waals surface area contributed by atoms with Gasteiger partial charge < -0.3 is 10.4 Å². The van der Waals surface area contributed by atoms with Crippen LogP contribution in [-0.4, -0.2) is 22.0 Å². The highest BCUT2D eigenvalue weighted by Gasteiger charge is 2.21. The smallest absolute Gasteiger partial charge is 0.270 e. The molecule has 1 amide bonds. The van der Waals surface area contributed by atoms with E-state index in [1.807, 2.05) is 0 Å². The maximum absolute atomic E-state index is 13.3. The molecule has 1 aromatic carbocycles. The average Bonchev–Trinajstić information content (AvgIpc) is 2.57. The number of rotatable bonds is 3. The maximum Gasteiger partial charge on any atom is 0.270 e. The Morgan fingerprint density at radius 1 is 1.36 bits per heavy atom. The number of pyridine rings is 1. The van der Waals surface area contributed by atoms with Crippen molar-refractivity contribution in [1.82, 2.24) is 10.3 Å². The van der Waals surface area contributed by atoms with Gasteiger partial charge in [-0.25, -0.2) is 9.37 Å². The van der Waals surface area contributed by atoms with Gasteiger partial charge in [0.2, 0.25) is 0 Å². The number of nitrogens with zero attached hydrogens (tertiary/aromatic N) is 1. The summed E-state index contributed by atoms with van der Waals surface area (Å²) >= 11 is 0. The normalized spacial score (nSPS) is 16.1. The molecule has 1 atom stereocenters. The van der Waals surface area contributed by atoms with Crippen LogP contribution >= 0.6 is 0 Å². The van der Waals surface area contributed by atoms with Crippen molar-refractivity contribution in [3.8, 4) is 11.8 Å². The number of halogens is 1. The molecule has 4 nitrogen and oxygen atoms in total. The Hall–Kier alpha value is -2.71. The number of carbonyl (C=O) groups excluding carboxylic acids is 1. The van der Waals surface area contributed by atoms with E-state index < -0.39 is 11.4 Å². The van der Waals surface area contributed by atoms with Crippen LogP contribution in [0.1, 0.15) is 47.8 Å². The van der Waals surface area contributed by atoms with Crippen LogP contribution in [-0.2, 0) is 5.60 Å². The van der Waals surface area contributed by atoms with E-state index in [-0.39, 0.29) is 11.9 Å². The lowest BCUT2D eigenvalue weighted by atomic mass is 9.93. The van der Waals surface area contributed by atoms with Crippen molar-refractivity contribution in [3.63, 3.8) is 0 Å². The Labute approximate surface area is 146 Å². The summed E-state index contributed by atoms with van der Waals surface area (Å²) in [6.45, 7) is 1.50. The summed E-state index contributed by atoms with van der Waals surface area (Å²) in [6, 6.07) is 9.24. The lowest BCUT2D eigenvalue weighted by Crippen LogP contribution is -2.39. The molecule has 1 saturated carbocycles. The second-order valence-corrected chi connectivity index (χ2v) is 6.37. The highest BCUT2D eigenvalue weighted by atomic mass is 19.1. The summed E-state index contributed by atoms with van der Waals surface area (Å²) < 4.78 is 13.3. The van der Waals surface area contributed by atoms with Gasteiger partial charge in [0.15, 0.2) is 0 Å². The lowest BCUT2D eigenvalue weighted by Gasteiger charge is -2.26. The molecular formula is C20H19FN2O2. The molecule has 0 spiro atoms. The third-order valence-corrected chi connectivity index (χ3v) is 4.27. The van der Waals surface area contributed by atoms with Gasteiger partial charge in [0.05, 0.1) is 0 Å². The minimum Gasteiger partial charge on any atom is -0.374 e. The molecule has 1 aliphatic carbocycles. The zero-order valence-corrected chi connectivity index (χ0v) is 13.9. The standard InChI is InChI=1S/C20H19FN2O2/c1-20(25,15-4-2-5-16(21)12-15)11-10-14-8-9-18(22-13-14)19(24)23-17-6-3-7-17/h2,4-5,8-9,12-13,17,25H,3,6-7H2,1H3,(H,23,24). The predicted octanol–water partition coefficient (Wildman–Crippen LogP) is 2.76. The maximum atomic E-state index is 13.3. The highest BCUT2D eigenvalue weighted by molar-refractivity contribution is 5.92. The lowest BCUT2D eigenvalue weighted by molar-refractivity contribution is 0.0911. The summed E-state index contributed by atoms with van der Waals surface area (Å²) in [5.41, 5.74) is -0.196. The van der Waals surface area contributed by atoms with E-state index in [9.17, 15) is 14.3 Å². The molecule has 128 valence electrons. The van der Waals surface area contributed by atoms with Gasteiger partial charge in [0.1, 0.15) is 17.1 Å². The number of carbonyl (C=O) groups is 1. The second kappa shape index (κ2) is 7.04. The van der Waals surface area contributed by atoms with Gasteiger partial charge in [-0.2, -0.15) is 0 Å². The number of amides is 1. The van der Waals surface area contributed by atoms with Crippen LogP contribution in [0.2, 0.25) is 0 Å². The van der Waals surface area contributed by atoms with Gasteiger partial charge in [0, 0.05) is 17.8 Å². The molecule has 1 unspecified atom stereocenters. The monoisotopic (exact) mass is 338 g/mol. The molecule has 2 aromatic rings. The fourth-order valence-electron chi connectivity index (χ4n) is 2.47. The van der Waals surface area contributed by atoms with Crippen LogP contribution in [0.4, 0.5) is 4.39 Å². The van der Waals surface area contributed by atoms with Crippen molar-refractivity contribution in [2.24, 2.45) is 0 Å². The predicted molar refractivity (Wildman–Crippen MR) is 92.2 cm³/mol. The second-order valence-electron chi connectivity index (χ2n) is 6.37. The first kappa shape index (κ1) is 17.1. The van der Waals surface area contributed by atoms with Crippen LogP contribution in [0.5, 0.6) is 0 Å². The quantitative estimate of drug-likeness (QED) is 0.846. The van der Waals surface area contributed by atoms with Gasteiger partial charge >= 0.3 is 0 Å². The van der Waals surface area contributed by atoms with Crippen molar-refractivity contribution < 1.29 is 14.3 Å². The van der Waals surface area contributed by atoms with E-state index in [2.05, 4.69) is 22.1 Å². The summed E-state index contributed by atoms with van der Waals surface area (Å²) in [6.07, 6.45) is 4.68. The third kappa shape index (κ3) is 4.23. The fraction of sp³-hybridized carbons (Fsp3) is 0.300. The Morgan fingerprint density at radius 3 is 2.76 bits per heavy atom. The molecule has 1 heterocycles. The molecule has 0 aliphatic heterocycles. The summed E-state index contributed by atoms with van der Waals surface area (Å²) in [5, 5.41) is 13.3. The molecule has 25 heavy (non-hydrogen) atoms. The zero-order chi connectivity index (χ0) is 17.9. The number of hydrogen-bond donors (Lipinski definition) is 2. The zero-order valence-electron chi connectivity index (χ0n) is 13.9. The van der Waals surface area contributed by atoms with Gasteiger partial charge in [-0.15, -0.1) is 0 Å². The molecule has 3 rings (SSSR count). The first-order valence-electron chi connectivity index (χ1n) is 8.22. The van der Waals surface area contributed by atoms with Gasteiger partial charge in [0.25, 0.3) is 5.91 Å². The number of aromatic nitrogens is 1. The Balaban J connectivity index is 1.71. The van der Waals surface area contributed by atoms with Crippen LogP contribution in [0.3, 0.4) is 0 Å². The molecule has 2 N–H and O–H groups in total. The molecule has 0 radical (unpaired) electrons. The average molecular weight is 338 g/mol. The molecule has 1 aromatic heterocycles. The fourth-order valence-corrected chi connectivity index (χ4v) is 2.47. The Morgan fingerprint density at radius 2 is 2.16 bits per heavy atom. The minimum atomic E-state index is -1.48. The Bertz CT molecular complexity index is 831. The third-order valence-electron chi connectivity index (χ3n) is 4.27. The molecule has 0 saturated heterocycles. The molecule has 1 aliphatic rings. The van der Waals surface area contributed by atoms with E-state index in [1.165, 1.54) is 31.3 Å². The molecular weight excluding hydrogens is 319 g/mol. The first-order chi connectivity index (χ1) is 11.9. The Kier molecular flexibility index (Phi) is 4.82. The van der Waals surface area contributed by atoms with Gasteiger partial charge in [-0.3, -0.25) is 4.79 Å². The number of benzene rings is 1. The van der Waals surface area contributed by atoms with E-state index in [0.29, 0.717) is 16.8 Å². The molecule has 0 bridgehead atoms. The summed E-state index contributed by atoms with van der Waals surface area (Å²) in [5.74, 6) is 4.92. The number of nitrogens with one attached hydrogen (secondary N) is 1.